The highest BCUT2D eigenvalue weighted by Gasteiger charge is 2.29. The Balaban J connectivity index is 1.26. The summed E-state index contributed by atoms with van der Waals surface area (Å²) in [4.78, 5) is 27.5. The normalized spacial score (nSPS) is 14.7. The van der Waals surface area contributed by atoms with E-state index in [2.05, 4.69) is 10.2 Å². The number of rotatable bonds is 5. The molecule has 0 radical (unpaired) electrons. The lowest BCUT2D eigenvalue weighted by Crippen LogP contribution is -2.40. The number of benzene rings is 1. The second-order valence-electron chi connectivity index (χ2n) is 6.66. The van der Waals surface area contributed by atoms with Gasteiger partial charge < -0.3 is 14.1 Å². The standard InChI is InChI=1S/C20H18ClN3O4S/c21-15-5-3-13(4-6-15)19(25)24-9-7-14(8-10-24)20(26)27-12-17-22-23-18(28-17)16-2-1-11-29-16/h1-6,11,14H,7-10,12H2. The predicted molar refractivity (Wildman–Crippen MR) is 107 cm³/mol. The number of carbonyl (C=O) groups excluding carboxylic acids is 2. The van der Waals surface area contributed by atoms with Crippen LogP contribution in [0.4, 0.5) is 0 Å². The van der Waals surface area contributed by atoms with Crippen LogP contribution in [0, 0.1) is 5.92 Å². The molecule has 1 aromatic carbocycles. The first-order valence-corrected chi connectivity index (χ1v) is 10.4. The number of thiophene rings is 1. The van der Waals surface area contributed by atoms with Crippen molar-refractivity contribution in [3.05, 3.63) is 58.3 Å². The van der Waals surface area contributed by atoms with Gasteiger partial charge in [0, 0.05) is 23.7 Å². The van der Waals surface area contributed by atoms with E-state index in [1.54, 1.807) is 29.2 Å². The summed E-state index contributed by atoms with van der Waals surface area (Å²) in [6.07, 6.45) is 1.12. The molecule has 3 heterocycles. The number of hydrogen-bond acceptors (Lipinski definition) is 7. The first-order chi connectivity index (χ1) is 14.1. The Morgan fingerprint density at radius 1 is 1.17 bits per heavy atom. The molecule has 0 spiro atoms. The number of aromatic nitrogens is 2. The minimum atomic E-state index is -0.306. The molecule has 4 rings (SSSR count). The number of piperidine rings is 1. The average molecular weight is 432 g/mol. The molecule has 1 fully saturated rings. The second-order valence-corrected chi connectivity index (χ2v) is 8.04. The van der Waals surface area contributed by atoms with Crippen molar-refractivity contribution >= 4 is 34.8 Å². The molecule has 9 heteroatoms. The number of halogens is 1. The smallest absolute Gasteiger partial charge is 0.309 e. The van der Waals surface area contributed by atoms with Crippen LogP contribution in [0.3, 0.4) is 0 Å². The van der Waals surface area contributed by atoms with Gasteiger partial charge in [-0.1, -0.05) is 17.7 Å². The van der Waals surface area contributed by atoms with Crippen molar-refractivity contribution in [1.82, 2.24) is 15.1 Å². The predicted octanol–water partition coefficient (Wildman–Crippen LogP) is 4.05. The monoisotopic (exact) mass is 431 g/mol. The number of likely N-dealkylation sites (tertiary alicyclic amines) is 1. The summed E-state index contributed by atoms with van der Waals surface area (Å²) in [6, 6.07) is 10.6. The maximum absolute atomic E-state index is 12.5. The Morgan fingerprint density at radius 3 is 2.62 bits per heavy atom. The maximum Gasteiger partial charge on any atom is 0.309 e. The number of amides is 1. The van der Waals surface area contributed by atoms with E-state index in [0.29, 0.717) is 42.4 Å². The molecule has 7 nitrogen and oxygen atoms in total. The summed E-state index contributed by atoms with van der Waals surface area (Å²) >= 11 is 7.36. The lowest BCUT2D eigenvalue weighted by molar-refractivity contribution is -0.152. The number of hydrogen-bond donors (Lipinski definition) is 0. The summed E-state index contributed by atoms with van der Waals surface area (Å²) in [6.45, 7) is 0.954. The van der Waals surface area contributed by atoms with Gasteiger partial charge in [0.1, 0.15) is 0 Å². The molecule has 3 aromatic rings. The van der Waals surface area contributed by atoms with Crippen molar-refractivity contribution in [3.8, 4) is 10.8 Å². The Morgan fingerprint density at radius 2 is 1.93 bits per heavy atom. The third-order valence-corrected chi connectivity index (χ3v) is 5.85. The number of carbonyl (C=O) groups is 2. The minimum absolute atomic E-state index is 0.0544. The molecule has 29 heavy (non-hydrogen) atoms. The second kappa shape index (κ2) is 8.75. The summed E-state index contributed by atoms with van der Waals surface area (Å²) in [5.74, 6) is 0.0704. The Bertz CT molecular complexity index is 980. The van der Waals surface area contributed by atoms with E-state index in [-0.39, 0.29) is 30.3 Å². The van der Waals surface area contributed by atoms with E-state index < -0.39 is 0 Å². The molecule has 150 valence electrons. The van der Waals surface area contributed by atoms with Crippen LogP contribution in [-0.2, 0) is 16.1 Å². The van der Waals surface area contributed by atoms with E-state index in [0.717, 1.165) is 4.88 Å². The molecular weight excluding hydrogens is 414 g/mol. The van der Waals surface area contributed by atoms with Gasteiger partial charge in [-0.15, -0.1) is 21.5 Å². The summed E-state index contributed by atoms with van der Waals surface area (Å²) in [7, 11) is 0. The lowest BCUT2D eigenvalue weighted by Gasteiger charge is -2.30. The van der Waals surface area contributed by atoms with Gasteiger partial charge in [-0.3, -0.25) is 9.59 Å². The SMILES string of the molecule is O=C(OCc1nnc(-c2cccs2)o1)C1CCN(C(=O)c2ccc(Cl)cc2)CC1. The molecule has 0 N–H and O–H groups in total. The Kier molecular flexibility index (Phi) is 5.92. The molecule has 0 saturated carbocycles. The number of ether oxygens (including phenoxy) is 1. The van der Waals surface area contributed by atoms with E-state index in [9.17, 15) is 9.59 Å². The van der Waals surface area contributed by atoms with Crippen molar-refractivity contribution in [1.29, 1.82) is 0 Å². The molecule has 0 unspecified atom stereocenters. The van der Waals surface area contributed by atoms with Crippen molar-refractivity contribution in [2.24, 2.45) is 5.92 Å². The van der Waals surface area contributed by atoms with Crippen molar-refractivity contribution < 1.29 is 18.7 Å². The first-order valence-electron chi connectivity index (χ1n) is 9.18. The first kappa shape index (κ1) is 19.6. The van der Waals surface area contributed by atoms with E-state index >= 15 is 0 Å². The number of esters is 1. The third kappa shape index (κ3) is 4.65. The van der Waals surface area contributed by atoms with E-state index in [1.165, 1.54) is 11.3 Å². The largest absolute Gasteiger partial charge is 0.455 e. The average Bonchev–Trinajstić information content (AvgIpc) is 3.44. The highest BCUT2D eigenvalue weighted by Crippen LogP contribution is 2.24. The zero-order valence-corrected chi connectivity index (χ0v) is 17.0. The van der Waals surface area contributed by atoms with Gasteiger partial charge in [0.25, 0.3) is 17.7 Å². The van der Waals surface area contributed by atoms with Crippen LogP contribution in [0.1, 0.15) is 29.1 Å². The van der Waals surface area contributed by atoms with Gasteiger partial charge in [-0.25, -0.2) is 0 Å². The van der Waals surface area contributed by atoms with Crippen LogP contribution >= 0.6 is 22.9 Å². The molecule has 0 bridgehead atoms. The van der Waals surface area contributed by atoms with Gasteiger partial charge in [-0.05, 0) is 48.6 Å². The molecule has 2 aromatic heterocycles. The minimum Gasteiger partial charge on any atom is -0.455 e. The van der Waals surface area contributed by atoms with Gasteiger partial charge >= 0.3 is 5.97 Å². The fourth-order valence-electron chi connectivity index (χ4n) is 3.16. The lowest BCUT2D eigenvalue weighted by atomic mass is 9.96. The molecule has 1 aliphatic heterocycles. The van der Waals surface area contributed by atoms with Crippen molar-refractivity contribution in [2.45, 2.75) is 19.4 Å². The fraction of sp³-hybridized carbons (Fsp3) is 0.300. The highest BCUT2D eigenvalue weighted by atomic mass is 35.5. The zero-order chi connectivity index (χ0) is 20.2. The third-order valence-electron chi connectivity index (χ3n) is 4.74. The van der Waals surface area contributed by atoms with Crippen molar-refractivity contribution in [3.63, 3.8) is 0 Å². The summed E-state index contributed by atoms with van der Waals surface area (Å²) < 4.78 is 10.9. The molecule has 1 saturated heterocycles. The maximum atomic E-state index is 12.5. The molecule has 1 aliphatic rings. The van der Waals surface area contributed by atoms with Crippen molar-refractivity contribution in [2.75, 3.05) is 13.1 Å². The van der Waals surface area contributed by atoms with Crippen LogP contribution in [0.5, 0.6) is 0 Å². The van der Waals surface area contributed by atoms with Crippen LogP contribution < -0.4 is 0 Å². The van der Waals surface area contributed by atoms with Gasteiger partial charge in [0.2, 0.25) is 0 Å². The van der Waals surface area contributed by atoms with Crippen LogP contribution in [0.2, 0.25) is 5.02 Å². The Hall–Kier alpha value is -2.71. The van der Waals surface area contributed by atoms with Crippen LogP contribution in [0.15, 0.2) is 46.2 Å². The topological polar surface area (TPSA) is 85.5 Å². The van der Waals surface area contributed by atoms with Gasteiger partial charge in [0.15, 0.2) is 6.61 Å². The highest BCUT2D eigenvalue weighted by molar-refractivity contribution is 7.13. The quantitative estimate of drug-likeness (QED) is 0.566. The summed E-state index contributed by atoms with van der Waals surface area (Å²) in [5, 5.41) is 10.4. The van der Waals surface area contributed by atoms with Gasteiger partial charge in [-0.2, -0.15) is 0 Å². The van der Waals surface area contributed by atoms with Crippen LogP contribution in [0.25, 0.3) is 10.8 Å². The van der Waals surface area contributed by atoms with E-state index in [1.807, 2.05) is 17.5 Å². The Labute approximate surface area is 176 Å². The molecule has 0 aliphatic carbocycles. The molecule has 1 amide bonds. The molecular formula is C20H18ClN3O4S. The fourth-order valence-corrected chi connectivity index (χ4v) is 3.93. The zero-order valence-electron chi connectivity index (χ0n) is 15.4. The van der Waals surface area contributed by atoms with Crippen LogP contribution in [-0.4, -0.2) is 40.1 Å². The number of nitrogens with zero attached hydrogens (tertiary/aromatic N) is 3. The molecule has 0 atom stereocenters. The van der Waals surface area contributed by atoms with E-state index in [4.69, 9.17) is 20.8 Å². The van der Waals surface area contributed by atoms with Gasteiger partial charge in [0.05, 0.1) is 10.8 Å². The summed E-state index contributed by atoms with van der Waals surface area (Å²) in [5.41, 5.74) is 0.591.